The van der Waals surface area contributed by atoms with Crippen LogP contribution in [0.2, 0.25) is 0 Å². The van der Waals surface area contributed by atoms with Crippen LogP contribution in [0.4, 0.5) is 0 Å². The van der Waals surface area contributed by atoms with Gasteiger partial charge in [-0.05, 0) is 31.9 Å². The number of ether oxygens (including phenoxy) is 3. The fourth-order valence-electron chi connectivity index (χ4n) is 2.40. The summed E-state index contributed by atoms with van der Waals surface area (Å²) in [6, 6.07) is 9.15. The Bertz CT molecular complexity index is 920. The number of thiophene rings is 1. The van der Waals surface area contributed by atoms with Gasteiger partial charge in [-0.2, -0.15) is 0 Å². The van der Waals surface area contributed by atoms with Crippen LogP contribution in [0.5, 0.6) is 17.2 Å². The van der Waals surface area contributed by atoms with Crippen LogP contribution < -0.4 is 19.9 Å². The molecule has 0 bridgehead atoms. The molecular formula is C20H26NO7PS. The number of nitrogens with two attached hydrogens (primary N) is 1. The van der Waals surface area contributed by atoms with E-state index in [1.165, 1.54) is 11.3 Å². The molecule has 0 fully saturated rings. The van der Waals surface area contributed by atoms with Gasteiger partial charge in [-0.1, -0.05) is 11.8 Å². The first-order chi connectivity index (χ1) is 14.1. The van der Waals surface area contributed by atoms with Crippen LogP contribution in [-0.4, -0.2) is 42.8 Å². The minimum Gasteiger partial charge on any atom is -0.496 e. The summed E-state index contributed by atoms with van der Waals surface area (Å²) in [6.45, 7) is 1.69. The lowest BCUT2D eigenvalue weighted by Crippen LogP contribution is -2.41. The number of hydrogen-bond donors (Lipinski definition) is 3. The van der Waals surface area contributed by atoms with Crippen LogP contribution in [0.3, 0.4) is 0 Å². The lowest BCUT2D eigenvalue weighted by Gasteiger charge is -2.24. The number of phosphoric ester groups is 1. The molecule has 4 N–H and O–H groups in total. The molecule has 1 aromatic heterocycles. The molecule has 8 nitrogen and oxygen atoms in total. The first kappa shape index (κ1) is 24.2. The highest BCUT2D eigenvalue weighted by molar-refractivity contribution is 7.46. The molecule has 0 saturated heterocycles. The molecule has 0 amide bonds. The van der Waals surface area contributed by atoms with Crippen LogP contribution in [0, 0.1) is 11.8 Å². The average Bonchev–Trinajstić information content (AvgIpc) is 3.15. The van der Waals surface area contributed by atoms with Crippen molar-refractivity contribution in [2.45, 2.75) is 25.3 Å². The Morgan fingerprint density at radius 3 is 2.37 bits per heavy atom. The molecule has 0 radical (unpaired) electrons. The van der Waals surface area contributed by atoms with E-state index in [1.54, 1.807) is 39.3 Å². The highest BCUT2D eigenvalue weighted by Gasteiger charge is 2.24. The maximum absolute atomic E-state index is 10.8. The maximum atomic E-state index is 10.8. The highest BCUT2D eigenvalue weighted by atomic mass is 32.1. The van der Waals surface area contributed by atoms with Gasteiger partial charge in [0.25, 0.3) is 0 Å². The SMILES string of the molecule is COc1cc(OC)cc(OCC#Cc2ccc(CCC(C)(N)COP(=O)(O)O)s2)c1. The molecule has 0 aliphatic heterocycles. The number of methoxy groups -OCH3 is 2. The second-order valence-electron chi connectivity index (χ2n) is 6.82. The summed E-state index contributed by atoms with van der Waals surface area (Å²) in [6.07, 6.45) is 1.17. The molecule has 30 heavy (non-hydrogen) atoms. The summed E-state index contributed by atoms with van der Waals surface area (Å²) in [4.78, 5) is 19.6. The van der Waals surface area contributed by atoms with E-state index in [1.807, 2.05) is 12.1 Å². The van der Waals surface area contributed by atoms with Gasteiger partial charge in [-0.25, -0.2) is 4.57 Å². The van der Waals surface area contributed by atoms with Crippen LogP contribution >= 0.6 is 19.2 Å². The van der Waals surface area contributed by atoms with Gasteiger partial charge in [0, 0.05) is 28.6 Å². The fourth-order valence-corrected chi connectivity index (χ4v) is 3.74. The molecular weight excluding hydrogens is 429 g/mol. The first-order valence-electron chi connectivity index (χ1n) is 9.03. The quantitative estimate of drug-likeness (QED) is 0.369. The van der Waals surface area contributed by atoms with Crippen molar-refractivity contribution < 1.29 is 33.1 Å². The van der Waals surface area contributed by atoms with Crippen LogP contribution in [0.15, 0.2) is 30.3 Å². The van der Waals surface area contributed by atoms with Crippen molar-refractivity contribution >= 4 is 19.2 Å². The number of aryl methyl sites for hydroxylation is 1. The zero-order valence-corrected chi connectivity index (χ0v) is 18.8. The van der Waals surface area contributed by atoms with Gasteiger partial charge in [0.05, 0.1) is 25.7 Å². The summed E-state index contributed by atoms with van der Waals surface area (Å²) in [5, 5.41) is 0. The molecule has 2 rings (SSSR count). The largest absolute Gasteiger partial charge is 0.496 e. The number of benzene rings is 1. The number of rotatable bonds is 10. The zero-order valence-electron chi connectivity index (χ0n) is 17.1. The first-order valence-corrected chi connectivity index (χ1v) is 11.4. The molecule has 0 aliphatic rings. The predicted molar refractivity (Wildman–Crippen MR) is 115 cm³/mol. The van der Waals surface area contributed by atoms with Crippen LogP contribution in [0.25, 0.3) is 0 Å². The molecule has 1 heterocycles. The third kappa shape index (κ3) is 8.76. The summed E-state index contributed by atoms with van der Waals surface area (Å²) in [7, 11) is -1.37. The highest BCUT2D eigenvalue weighted by Crippen LogP contribution is 2.37. The van der Waals surface area contributed by atoms with E-state index in [4.69, 9.17) is 29.7 Å². The van der Waals surface area contributed by atoms with E-state index in [0.717, 1.165) is 9.75 Å². The average molecular weight is 455 g/mol. The van der Waals surface area contributed by atoms with Gasteiger partial charge in [-0.3, -0.25) is 4.52 Å². The van der Waals surface area contributed by atoms with Gasteiger partial charge in [0.15, 0.2) is 0 Å². The maximum Gasteiger partial charge on any atom is 0.469 e. The minimum atomic E-state index is -4.52. The molecule has 0 saturated carbocycles. The predicted octanol–water partition coefficient (Wildman–Crippen LogP) is 2.96. The Morgan fingerprint density at radius 1 is 1.13 bits per heavy atom. The molecule has 1 atom stereocenters. The molecule has 1 unspecified atom stereocenters. The summed E-state index contributed by atoms with van der Waals surface area (Å²) >= 11 is 1.54. The van der Waals surface area contributed by atoms with Crippen LogP contribution in [0.1, 0.15) is 23.1 Å². The van der Waals surface area contributed by atoms with Gasteiger partial charge in [0.1, 0.15) is 23.9 Å². The standard InChI is InChI=1S/C20H26NO7PS/c1-20(21,14-28-29(22,23)24)9-8-19-7-6-18(30-19)5-4-10-27-17-12-15(25-2)11-16(13-17)26-3/h6-7,11-13H,8-10,14,21H2,1-3H3,(H2,22,23,24). The number of phosphoric acid groups is 1. The number of hydrogen-bond acceptors (Lipinski definition) is 7. The van der Waals surface area contributed by atoms with Crippen molar-refractivity contribution in [3.8, 4) is 29.1 Å². The van der Waals surface area contributed by atoms with Crippen molar-refractivity contribution in [3.05, 3.63) is 40.1 Å². The molecule has 0 aliphatic carbocycles. The Morgan fingerprint density at radius 2 is 1.77 bits per heavy atom. The van der Waals surface area contributed by atoms with Crippen molar-refractivity contribution in [2.24, 2.45) is 5.73 Å². The van der Waals surface area contributed by atoms with Gasteiger partial charge in [0.2, 0.25) is 0 Å². The third-order valence-electron chi connectivity index (χ3n) is 4.01. The summed E-state index contributed by atoms with van der Waals surface area (Å²) < 4.78 is 31.4. The topological polar surface area (TPSA) is 120 Å². The van der Waals surface area contributed by atoms with Crippen molar-refractivity contribution in [3.63, 3.8) is 0 Å². The Hall–Kier alpha value is -2.05. The van der Waals surface area contributed by atoms with Crippen molar-refractivity contribution in [2.75, 3.05) is 27.4 Å². The minimum absolute atomic E-state index is 0.212. The van der Waals surface area contributed by atoms with Crippen molar-refractivity contribution in [1.29, 1.82) is 0 Å². The van der Waals surface area contributed by atoms with E-state index in [9.17, 15) is 4.57 Å². The van der Waals surface area contributed by atoms with E-state index in [-0.39, 0.29) is 13.2 Å². The van der Waals surface area contributed by atoms with Gasteiger partial charge < -0.3 is 29.7 Å². The molecule has 2 aromatic rings. The van der Waals surface area contributed by atoms with Gasteiger partial charge in [-0.15, -0.1) is 11.3 Å². The molecule has 164 valence electrons. The third-order valence-corrected chi connectivity index (χ3v) is 5.54. The molecule has 0 spiro atoms. The summed E-state index contributed by atoms with van der Waals surface area (Å²) in [5.74, 6) is 7.91. The van der Waals surface area contributed by atoms with E-state index < -0.39 is 13.4 Å². The monoisotopic (exact) mass is 455 g/mol. The smallest absolute Gasteiger partial charge is 0.469 e. The Balaban J connectivity index is 1.85. The summed E-state index contributed by atoms with van der Waals surface area (Å²) in [5.41, 5.74) is 5.20. The molecule has 10 heteroatoms. The van der Waals surface area contributed by atoms with Crippen molar-refractivity contribution in [1.82, 2.24) is 0 Å². The Kier molecular flexibility index (Phi) is 8.74. The second-order valence-corrected chi connectivity index (χ2v) is 9.23. The van der Waals surface area contributed by atoms with E-state index in [2.05, 4.69) is 16.4 Å². The molecule has 1 aromatic carbocycles. The van der Waals surface area contributed by atoms with E-state index in [0.29, 0.717) is 30.1 Å². The Labute approximate surface area is 180 Å². The zero-order chi connectivity index (χ0) is 22.2. The van der Waals surface area contributed by atoms with Gasteiger partial charge >= 0.3 is 7.82 Å². The van der Waals surface area contributed by atoms with Crippen LogP contribution in [-0.2, 0) is 15.5 Å². The fraction of sp³-hybridized carbons (Fsp3) is 0.400. The normalized spacial score (nSPS) is 13.1. The second kappa shape index (κ2) is 10.8. The lowest BCUT2D eigenvalue weighted by atomic mass is 9.98. The lowest BCUT2D eigenvalue weighted by molar-refractivity contribution is 0.154. The van der Waals surface area contributed by atoms with E-state index >= 15 is 0 Å².